The molecule has 0 radical (unpaired) electrons. The monoisotopic (exact) mass is 319 g/mol. The van der Waals surface area contributed by atoms with Gasteiger partial charge in [-0.25, -0.2) is 0 Å². The average Bonchev–Trinajstić information content (AvgIpc) is 3.12. The minimum absolute atomic E-state index is 0.163. The van der Waals surface area contributed by atoms with Crippen LogP contribution in [0.3, 0.4) is 0 Å². The molecule has 0 unspecified atom stereocenters. The highest BCUT2D eigenvalue weighted by Crippen LogP contribution is 2.37. The molecule has 2 aromatic rings. The summed E-state index contributed by atoms with van der Waals surface area (Å²) in [5, 5.41) is 1.57. The van der Waals surface area contributed by atoms with E-state index in [0.29, 0.717) is 18.3 Å². The van der Waals surface area contributed by atoms with Crippen molar-refractivity contribution in [2.24, 2.45) is 5.73 Å². The van der Waals surface area contributed by atoms with Crippen LogP contribution < -0.4 is 15.2 Å². The van der Waals surface area contributed by atoms with E-state index in [4.69, 9.17) is 32.2 Å². The minimum atomic E-state index is 0.163. The number of hydrogen-bond donors (Lipinski definition) is 2. The number of thiocarbonyl (C=S) groups is 1. The van der Waals surface area contributed by atoms with Gasteiger partial charge in [0.1, 0.15) is 0 Å². The van der Waals surface area contributed by atoms with Gasteiger partial charge in [0.2, 0.25) is 6.79 Å². The number of H-pyrrole nitrogens is 1. The summed E-state index contributed by atoms with van der Waals surface area (Å²) in [6, 6.07) is 4.16. The van der Waals surface area contributed by atoms with E-state index in [1.807, 2.05) is 23.2 Å². The van der Waals surface area contributed by atoms with Crippen LogP contribution in [0.2, 0.25) is 0 Å². The molecule has 3 heterocycles. The van der Waals surface area contributed by atoms with Crippen molar-refractivity contribution in [3.05, 3.63) is 23.9 Å². The van der Waals surface area contributed by atoms with E-state index < -0.39 is 0 Å². The Labute approximate surface area is 133 Å². The molecule has 0 aliphatic carbocycles. The Hall–Kier alpha value is -1.99. The third-order valence-corrected chi connectivity index (χ3v) is 4.46. The summed E-state index contributed by atoms with van der Waals surface area (Å²) in [7, 11) is 0. The molecule has 1 fully saturated rings. The van der Waals surface area contributed by atoms with Crippen molar-refractivity contribution in [3.63, 3.8) is 0 Å². The molecule has 6 nitrogen and oxygen atoms in total. The molecule has 7 heteroatoms. The summed E-state index contributed by atoms with van der Waals surface area (Å²) in [5.41, 5.74) is 8.07. The van der Waals surface area contributed by atoms with Crippen molar-refractivity contribution in [2.75, 3.05) is 26.6 Å². The molecule has 3 N–H and O–H groups in total. The largest absolute Gasteiger partial charge is 0.454 e. The van der Waals surface area contributed by atoms with E-state index in [1.54, 1.807) is 0 Å². The van der Waals surface area contributed by atoms with Crippen molar-refractivity contribution >= 4 is 28.2 Å². The lowest BCUT2D eigenvalue weighted by molar-refractivity contribution is 0.0274. The lowest BCUT2D eigenvalue weighted by atomic mass is 10.0. The summed E-state index contributed by atoms with van der Waals surface area (Å²) in [4.78, 5) is 5.34. The third kappa shape index (κ3) is 2.26. The Morgan fingerprint density at radius 2 is 2.18 bits per heavy atom. The molecular formula is C15H17N3O3S. The molecule has 0 saturated carbocycles. The number of rotatable bonds is 2. The number of fused-ring (bicyclic) bond motifs is 2. The van der Waals surface area contributed by atoms with Gasteiger partial charge in [0.25, 0.3) is 0 Å². The van der Waals surface area contributed by atoms with Gasteiger partial charge in [0.05, 0.1) is 19.3 Å². The SMILES string of the molecule is NC(=S)N1CCOC[C@@H]1Cc1c[nH]c2cc3c(cc12)OCO3. The van der Waals surface area contributed by atoms with E-state index in [9.17, 15) is 0 Å². The van der Waals surface area contributed by atoms with Crippen LogP contribution in [-0.4, -0.2) is 47.6 Å². The quantitative estimate of drug-likeness (QED) is 0.815. The maximum atomic E-state index is 5.83. The highest BCUT2D eigenvalue weighted by atomic mass is 32.1. The van der Waals surface area contributed by atoms with Crippen LogP contribution in [0.4, 0.5) is 0 Å². The number of ether oxygens (including phenoxy) is 3. The first kappa shape index (κ1) is 13.7. The maximum absolute atomic E-state index is 5.83. The van der Waals surface area contributed by atoms with E-state index in [-0.39, 0.29) is 12.8 Å². The number of hydrogen-bond acceptors (Lipinski definition) is 4. The van der Waals surface area contributed by atoms with E-state index in [0.717, 1.165) is 35.4 Å². The van der Waals surface area contributed by atoms with Gasteiger partial charge in [-0.05, 0) is 30.3 Å². The lowest BCUT2D eigenvalue weighted by Crippen LogP contribution is -2.51. The van der Waals surface area contributed by atoms with Crippen LogP contribution in [0.25, 0.3) is 10.9 Å². The van der Waals surface area contributed by atoms with Gasteiger partial charge in [-0.1, -0.05) is 0 Å². The molecule has 0 bridgehead atoms. The fourth-order valence-electron chi connectivity index (χ4n) is 3.11. The molecule has 0 spiro atoms. The van der Waals surface area contributed by atoms with Crippen molar-refractivity contribution in [2.45, 2.75) is 12.5 Å². The molecular weight excluding hydrogens is 302 g/mol. The zero-order chi connectivity index (χ0) is 15.1. The van der Waals surface area contributed by atoms with Crippen molar-refractivity contribution in [3.8, 4) is 11.5 Å². The van der Waals surface area contributed by atoms with Crippen LogP contribution in [0.15, 0.2) is 18.3 Å². The van der Waals surface area contributed by atoms with Crippen LogP contribution in [0, 0.1) is 0 Å². The maximum Gasteiger partial charge on any atom is 0.231 e. The average molecular weight is 319 g/mol. The number of nitrogens with one attached hydrogen (secondary N) is 1. The third-order valence-electron chi connectivity index (χ3n) is 4.23. The van der Waals surface area contributed by atoms with Crippen LogP contribution in [0.1, 0.15) is 5.56 Å². The summed E-state index contributed by atoms with van der Waals surface area (Å²) >= 11 is 5.15. The van der Waals surface area contributed by atoms with Gasteiger partial charge >= 0.3 is 0 Å². The first-order valence-corrected chi connectivity index (χ1v) is 7.66. The number of aromatic nitrogens is 1. The van der Waals surface area contributed by atoms with Crippen molar-refractivity contribution in [1.82, 2.24) is 9.88 Å². The molecule has 1 saturated heterocycles. The second-order valence-corrected chi connectivity index (χ2v) is 5.95. The highest BCUT2D eigenvalue weighted by molar-refractivity contribution is 7.80. The summed E-state index contributed by atoms with van der Waals surface area (Å²) in [6.07, 6.45) is 2.84. The Morgan fingerprint density at radius 1 is 1.36 bits per heavy atom. The number of aromatic amines is 1. The van der Waals surface area contributed by atoms with Crippen LogP contribution in [0.5, 0.6) is 11.5 Å². The second-order valence-electron chi connectivity index (χ2n) is 5.53. The smallest absolute Gasteiger partial charge is 0.231 e. The first-order valence-electron chi connectivity index (χ1n) is 7.26. The van der Waals surface area contributed by atoms with Crippen molar-refractivity contribution < 1.29 is 14.2 Å². The fourth-order valence-corrected chi connectivity index (χ4v) is 3.35. The van der Waals surface area contributed by atoms with Gasteiger partial charge in [0.15, 0.2) is 16.6 Å². The van der Waals surface area contributed by atoms with E-state index in [1.165, 1.54) is 5.56 Å². The summed E-state index contributed by atoms with van der Waals surface area (Å²) < 4.78 is 16.5. The Morgan fingerprint density at radius 3 is 3.00 bits per heavy atom. The normalized spacial score (nSPS) is 20.5. The van der Waals surface area contributed by atoms with Crippen LogP contribution in [-0.2, 0) is 11.2 Å². The standard InChI is InChI=1S/C15H17N3O3S/c16-15(22)18-1-2-19-7-10(18)3-9-6-17-12-5-14-13(4-11(9)12)20-8-21-14/h4-6,10,17H,1-3,7-8H2,(H2,16,22)/t10-/m0/s1. The molecule has 0 amide bonds. The zero-order valence-corrected chi connectivity index (χ0v) is 12.8. The zero-order valence-electron chi connectivity index (χ0n) is 12.0. The second kappa shape index (κ2) is 5.33. The van der Waals surface area contributed by atoms with Crippen molar-refractivity contribution in [1.29, 1.82) is 0 Å². The molecule has 4 rings (SSSR count). The topological polar surface area (TPSA) is 72.7 Å². The van der Waals surface area contributed by atoms with Gasteiger partial charge in [-0.15, -0.1) is 0 Å². The predicted molar refractivity (Wildman–Crippen MR) is 86.2 cm³/mol. The molecule has 22 heavy (non-hydrogen) atoms. The molecule has 116 valence electrons. The van der Waals surface area contributed by atoms with E-state index in [2.05, 4.69) is 4.98 Å². The molecule has 2 aliphatic rings. The summed E-state index contributed by atoms with van der Waals surface area (Å²) in [5.74, 6) is 1.58. The van der Waals surface area contributed by atoms with Crippen LogP contribution >= 0.6 is 12.2 Å². The van der Waals surface area contributed by atoms with Gasteiger partial charge in [-0.2, -0.15) is 0 Å². The molecule has 1 aromatic heterocycles. The first-order chi connectivity index (χ1) is 10.7. The Bertz CT molecular complexity index is 730. The highest BCUT2D eigenvalue weighted by Gasteiger charge is 2.25. The number of nitrogens with zero attached hydrogens (tertiary/aromatic N) is 1. The number of benzene rings is 1. The van der Waals surface area contributed by atoms with Gasteiger partial charge in [0, 0.05) is 29.7 Å². The Balaban J connectivity index is 1.65. The fraction of sp³-hybridized carbons (Fsp3) is 0.400. The van der Waals surface area contributed by atoms with Gasteiger partial charge in [-0.3, -0.25) is 0 Å². The lowest BCUT2D eigenvalue weighted by Gasteiger charge is -2.36. The molecule has 1 aromatic carbocycles. The van der Waals surface area contributed by atoms with Gasteiger partial charge < -0.3 is 29.8 Å². The van der Waals surface area contributed by atoms with E-state index >= 15 is 0 Å². The predicted octanol–water partition coefficient (Wildman–Crippen LogP) is 1.38. The summed E-state index contributed by atoms with van der Waals surface area (Å²) in [6.45, 7) is 2.33. The number of morpholine rings is 1. The molecule has 1 atom stereocenters. The minimum Gasteiger partial charge on any atom is -0.454 e. The number of nitrogens with two attached hydrogens (primary N) is 1. The molecule has 2 aliphatic heterocycles. The Kier molecular flexibility index (Phi) is 3.31.